The van der Waals surface area contributed by atoms with E-state index >= 15 is 0 Å². The Kier molecular flexibility index (Phi) is 5.56. The molecule has 3 heteroatoms. The molecule has 2 rings (SSSR count). The summed E-state index contributed by atoms with van der Waals surface area (Å²) in [6.07, 6.45) is 10.3. The third-order valence-corrected chi connectivity index (χ3v) is 5.26. The Morgan fingerprint density at radius 3 is 2.37 bits per heavy atom. The first-order valence-corrected chi connectivity index (χ1v) is 8.05. The minimum absolute atomic E-state index is 0.471. The van der Waals surface area contributed by atoms with Crippen LogP contribution < -0.4 is 5.73 Å². The fourth-order valence-corrected chi connectivity index (χ4v) is 3.66. The highest BCUT2D eigenvalue weighted by Gasteiger charge is 2.30. The molecule has 0 unspecified atom stereocenters. The highest BCUT2D eigenvalue weighted by atomic mass is 35.5. The monoisotopic (exact) mass is 299 g/mol. The van der Waals surface area contributed by atoms with Gasteiger partial charge in [0.15, 0.2) is 0 Å². The number of halogens is 2. The minimum Gasteiger partial charge on any atom is -0.330 e. The summed E-state index contributed by atoms with van der Waals surface area (Å²) in [6.45, 7) is 0.807. The molecule has 1 aliphatic rings. The molecule has 0 aliphatic heterocycles. The average molecular weight is 300 g/mol. The molecule has 0 spiro atoms. The van der Waals surface area contributed by atoms with Crippen LogP contribution in [0.15, 0.2) is 18.2 Å². The van der Waals surface area contributed by atoms with Crippen molar-refractivity contribution < 1.29 is 0 Å². The van der Waals surface area contributed by atoms with Crippen molar-refractivity contribution in [1.29, 1.82) is 0 Å². The third kappa shape index (κ3) is 4.11. The SMILES string of the molecule is NCCC1(CCc2ccc(Cl)c(Cl)c2)CCCCC1. The maximum Gasteiger partial charge on any atom is 0.0595 e. The van der Waals surface area contributed by atoms with Crippen molar-refractivity contribution in [2.24, 2.45) is 11.1 Å². The molecule has 1 aromatic rings. The zero-order valence-corrected chi connectivity index (χ0v) is 12.9. The van der Waals surface area contributed by atoms with Crippen LogP contribution in [-0.4, -0.2) is 6.54 Å². The van der Waals surface area contributed by atoms with Crippen LogP contribution in [0.1, 0.15) is 50.5 Å². The maximum absolute atomic E-state index is 6.08. The molecule has 2 N–H and O–H groups in total. The maximum atomic E-state index is 6.08. The Bertz CT molecular complexity index is 406. The molecular formula is C16H23Cl2N. The van der Waals surface area contributed by atoms with E-state index < -0.39 is 0 Å². The Hall–Kier alpha value is -0.240. The van der Waals surface area contributed by atoms with Crippen molar-refractivity contribution in [3.8, 4) is 0 Å². The lowest BCUT2D eigenvalue weighted by molar-refractivity contribution is 0.161. The van der Waals surface area contributed by atoms with Gasteiger partial charge in [-0.2, -0.15) is 0 Å². The number of rotatable bonds is 5. The van der Waals surface area contributed by atoms with E-state index in [4.69, 9.17) is 28.9 Å². The van der Waals surface area contributed by atoms with Gasteiger partial charge in [0, 0.05) is 0 Å². The quantitative estimate of drug-likeness (QED) is 0.792. The van der Waals surface area contributed by atoms with Gasteiger partial charge >= 0.3 is 0 Å². The Labute approximate surface area is 126 Å². The van der Waals surface area contributed by atoms with Gasteiger partial charge in [0.05, 0.1) is 10.0 Å². The zero-order chi connectivity index (χ0) is 13.7. The number of hydrogen-bond donors (Lipinski definition) is 1. The predicted molar refractivity (Wildman–Crippen MR) is 84.0 cm³/mol. The van der Waals surface area contributed by atoms with E-state index in [0.29, 0.717) is 15.5 Å². The predicted octanol–water partition coefficient (Wildman–Crippen LogP) is 5.23. The molecule has 1 nitrogen and oxygen atoms in total. The van der Waals surface area contributed by atoms with Crippen molar-refractivity contribution in [3.63, 3.8) is 0 Å². The second-order valence-corrected chi connectivity index (χ2v) is 6.66. The average Bonchev–Trinajstić information content (AvgIpc) is 2.42. The van der Waals surface area contributed by atoms with Crippen molar-refractivity contribution in [2.45, 2.75) is 51.4 Å². The summed E-state index contributed by atoms with van der Waals surface area (Å²) >= 11 is 12.0. The first kappa shape index (κ1) is 15.2. The van der Waals surface area contributed by atoms with E-state index in [2.05, 4.69) is 6.07 Å². The van der Waals surface area contributed by atoms with Crippen molar-refractivity contribution in [1.82, 2.24) is 0 Å². The first-order chi connectivity index (χ1) is 9.15. The standard InChI is InChI=1S/C16H23Cl2N/c17-14-5-4-13(12-15(14)18)6-9-16(10-11-19)7-2-1-3-8-16/h4-5,12H,1-3,6-11,19H2. The Balaban J connectivity index is 1.99. The van der Waals surface area contributed by atoms with Gasteiger partial charge in [-0.1, -0.05) is 48.5 Å². The molecule has 0 radical (unpaired) electrons. The van der Waals surface area contributed by atoms with Gasteiger partial charge in [-0.15, -0.1) is 0 Å². The van der Waals surface area contributed by atoms with E-state index in [9.17, 15) is 0 Å². The summed E-state index contributed by atoms with van der Waals surface area (Å²) in [7, 11) is 0. The number of hydrogen-bond acceptors (Lipinski definition) is 1. The highest BCUT2D eigenvalue weighted by Crippen LogP contribution is 2.42. The van der Waals surface area contributed by atoms with Gasteiger partial charge in [0.25, 0.3) is 0 Å². The fraction of sp³-hybridized carbons (Fsp3) is 0.625. The van der Waals surface area contributed by atoms with Crippen molar-refractivity contribution in [2.75, 3.05) is 6.54 Å². The van der Waals surface area contributed by atoms with Gasteiger partial charge < -0.3 is 5.73 Å². The van der Waals surface area contributed by atoms with E-state index in [-0.39, 0.29) is 0 Å². The molecular weight excluding hydrogens is 277 g/mol. The van der Waals surface area contributed by atoms with Crippen LogP contribution in [0.4, 0.5) is 0 Å². The molecule has 0 atom stereocenters. The van der Waals surface area contributed by atoms with E-state index in [1.165, 1.54) is 44.1 Å². The molecule has 0 amide bonds. The van der Waals surface area contributed by atoms with Gasteiger partial charge in [-0.25, -0.2) is 0 Å². The summed E-state index contributed by atoms with van der Waals surface area (Å²) in [4.78, 5) is 0. The van der Waals surface area contributed by atoms with Crippen LogP contribution in [0.3, 0.4) is 0 Å². The first-order valence-electron chi connectivity index (χ1n) is 7.29. The van der Waals surface area contributed by atoms with Gasteiger partial charge in [0.1, 0.15) is 0 Å². The van der Waals surface area contributed by atoms with Crippen LogP contribution in [0.25, 0.3) is 0 Å². The highest BCUT2D eigenvalue weighted by molar-refractivity contribution is 6.42. The summed E-state index contributed by atoms with van der Waals surface area (Å²) in [5.41, 5.74) is 7.58. The van der Waals surface area contributed by atoms with Gasteiger partial charge in [-0.05, 0) is 61.8 Å². The normalized spacial score (nSPS) is 18.5. The summed E-state index contributed by atoms with van der Waals surface area (Å²) in [5.74, 6) is 0. The van der Waals surface area contributed by atoms with Gasteiger partial charge in [0.2, 0.25) is 0 Å². The second-order valence-electron chi connectivity index (χ2n) is 5.85. The summed E-state index contributed by atoms with van der Waals surface area (Å²) in [6, 6.07) is 5.99. The number of nitrogens with two attached hydrogens (primary N) is 1. The molecule has 0 aromatic heterocycles. The van der Waals surface area contributed by atoms with E-state index in [1.807, 2.05) is 12.1 Å². The minimum atomic E-state index is 0.471. The van der Waals surface area contributed by atoms with E-state index in [1.54, 1.807) is 0 Å². The molecule has 106 valence electrons. The molecule has 0 bridgehead atoms. The lowest BCUT2D eigenvalue weighted by atomic mass is 9.68. The zero-order valence-electron chi connectivity index (χ0n) is 11.4. The Morgan fingerprint density at radius 2 is 1.74 bits per heavy atom. The number of benzene rings is 1. The second kappa shape index (κ2) is 6.97. The van der Waals surface area contributed by atoms with Crippen LogP contribution >= 0.6 is 23.2 Å². The number of aryl methyl sites for hydroxylation is 1. The third-order valence-electron chi connectivity index (χ3n) is 4.52. The summed E-state index contributed by atoms with van der Waals surface area (Å²) in [5, 5.41) is 1.30. The van der Waals surface area contributed by atoms with Crippen LogP contribution in [0.5, 0.6) is 0 Å². The topological polar surface area (TPSA) is 26.0 Å². The van der Waals surface area contributed by atoms with Crippen molar-refractivity contribution >= 4 is 23.2 Å². The van der Waals surface area contributed by atoms with Gasteiger partial charge in [-0.3, -0.25) is 0 Å². The lowest BCUT2D eigenvalue weighted by Crippen LogP contribution is -2.27. The molecule has 1 saturated carbocycles. The lowest BCUT2D eigenvalue weighted by Gasteiger charge is -2.37. The molecule has 0 saturated heterocycles. The van der Waals surface area contributed by atoms with Crippen LogP contribution in [-0.2, 0) is 6.42 Å². The van der Waals surface area contributed by atoms with Crippen molar-refractivity contribution in [3.05, 3.63) is 33.8 Å². The Morgan fingerprint density at radius 1 is 1.00 bits per heavy atom. The van der Waals surface area contributed by atoms with Crippen LogP contribution in [0.2, 0.25) is 10.0 Å². The largest absolute Gasteiger partial charge is 0.330 e. The summed E-state index contributed by atoms with van der Waals surface area (Å²) < 4.78 is 0. The molecule has 1 aromatic carbocycles. The molecule has 19 heavy (non-hydrogen) atoms. The smallest absolute Gasteiger partial charge is 0.0595 e. The molecule has 1 fully saturated rings. The van der Waals surface area contributed by atoms with E-state index in [0.717, 1.165) is 19.4 Å². The van der Waals surface area contributed by atoms with Crippen LogP contribution in [0, 0.1) is 5.41 Å². The molecule has 0 heterocycles. The fourth-order valence-electron chi connectivity index (χ4n) is 3.34. The molecule has 1 aliphatic carbocycles.